The third kappa shape index (κ3) is 5.72. The van der Waals surface area contributed by atoms with Gasteiger partial charge in [-0.1, -0.05) is 45.0 Å². The number of piperazine rings is 1. The third-order valence-corrected chi connectivity index (χ3v) is 6.15. The van der Waals surface area contributed by atoms with Crippen LogP contribution in [0, 0.1) is 5.92 Å². The van der Waals surface area contributed by atoms with Crippen molar-refractivity contribution in [2.75, 3.05) is 26.2 Å². The van der Waals surface area contributed by atoms with Crippen molar-refractivity contribution in [1.82, 2.24) is 20.4 Å². The molecule has 0 bridgehead atoms. The molecule has 1 aromatic carbocycles. The molecule has 0 spiro atoms. The number of carbonyl (C=O) groups is 2. The Bertz CT molecular complexity index is 691. The SMILES string of the molecule is CCc1ccc(C(NC(=O)N2CCN(C(C)C(=O)NC3CC3)CC2)C(C)C)cc1. The highest BCUT2D eigenvalue weighted by atomic mass is 16.2. The molecule has 160 valence electrons. The van der Waals surface area contributed by atoms with E-state index in [9.17, 15) is 9.59 Å². The summed E-state index contributed by atoms with van der Waals surface area (Å²) in [5, 5.41) is 6.31. The summed E-state index contributed by atoms with van der Waals surface area (Å²) in [5.74, 6) is 0.416. The van der Waals surface area contributed by atoms with Crippen LogP contribution in [-0.4, -0.2) is 60.0 Å². The molecule has 1 aliphatic carbocycles. The maximum atomic E-state index is 12.9. The van der Waals surface area contributed by atoms with Gasteiger partial charge in [0.1, 0.15) is 0 Å². The molecule has 0 radical (unpaired) electrons. The summed E-state index contributed by atoms with van der Waals surface area (Å²) >= 11 is 0. The highest BCUT2D eigenvalue weighted by Gasteiger charge is 2.31. The van der Waals surface area contributed by atoms with Crippen LogP contribution >= 0.6 is 0 Å². The van der Waals surface area contributed by atoms with E-state index in [0.717, 1.165) is 37.9 Å². The quantitative estimate of drug-likeness (QED) is 0.740. The van der Waals surface area contributed by atoms with Crippen LogP contribution in [-0.2, 0) is 11.2 Å². The Morgan fingerprint density at radius 3 is 2.17 bits per heavy atom. The van der Waals surface area contributed by atoms with Crippen molar-refractivity contribution < 1.29 is 9.59 Å². The molecule has 29 heavy (non-hydrogen) atoms. The van der Waals surface area contributed by atoms with E-state index < -0.39 is 0 Å². The largest absolute Gasteiger partial charge is 0.352 e. The number of hydrogen-bond donors (Lipinski definition) is 2. The van der Waals surface area contributed by atoms with E-state index >= 15 is 0 Å². The van der Waals surface area contributed by atoms with E-state index in [4.69, 9.17) is 0 Å². The standard InChI is InChI=1S/C23H36N4O2/c1-5-18-6-8-19(9-7-18)21(16(2)3)25-23(29)27-14-12-26(13-15-27)17(4)22(28)24-20-10-11-20/h6-9,16-17,20-21H,5,10-15H2,1-4H3,(H,24,28)(H,25,29). The second-order valence-corrected chi connectivity index (χ2v) is 8.75. The Kier molecular flexibility index (Phi) is 7.17. The number of benzene rings is 1. The number of rotatable bonds is 7. The molecule has 3 rings (SSSR count). The molecule has 6 heteroatoms. The van der Waals surface area contributed by atoms with Gasteiger partial charge in [-0.25, -0.2) is 4.79 Å². The van der Waals surface area contributed by atoms with Crippen LogP contribution in [0.1, 0.15) is 57.7 Å². The fourth-order valence-electron chi connectivity index (χ4n) is 3.85. The van der Waals surface area contributed by atoms with Crippen molar-refractivity contribution in [3.05, 3.63) is 35.4 Å². The van der Waals surface area contributed by atoms with Gasteiger partial charge >= 0.3 is 6.03 Å². The van der Waals surface area contributed by atoms with Crippen LogP contribution in [0.25, 0.3) is 0 Å². The Labute approximate surface area is 175 Å². The van der Waals surface area contributed by atoms with Gasteiger partial charge in [0.25, 0.3) is 0 Å². The zero-order valence-electron chi connectivity index (χ0n) is 18.3. The molecule has 1 aromatic rings. The maximum absolute atomic E-state index is 12.9. The van der Waals surface area contributed by atoms with E-state index in [-0.39, 0.29) is 24.0 Å². The average Bonchev–Trinajstić information content (AvgIpc) is 3.55. The van der Waals surface area contributed by atoms with E-state index in [1.807, 2.05) is 11.8 Å². The summed E-state index contributed by atoms with van der Waals surface area (Å²) in [6.07, 6.45) is 3.22. The number of aryl methyl sites for hydroxylation is 1. The second kappa shape index (κ2) is 9.61. The topological polar surface area (TPSA) is 64.7 Å². The first-order valence-electron chi connectivity index (χ1n) is 11.1. The minimum absolute atomic E-state index is 0.00493. The van der Waals surface area contributed by atoms with Crippen molar-refractivity contribution in [3.63, 3.8) is 0 Å². The third-order valence-electron chi connectivity index (χ3n) is 6.15. The van der Waals surface area contributed by atoms with Crippen molar-refractivity contribution in [1.29, 1.82) is 0 Å². The van der Waals surface area contributed by atoms with Gasteiger partial charge in [0.05, 0.1) is 12.1 Å². The molecule has 2 aliphatic rings. The number of nitrogens with one attached hydrogen (secondary N) is 2. The number of amides is 3. The van der Waals surface area contributed by atoms with Crippen LogP contribution < -0.4 is 10.6 Å². The van der Waals surface area contributed by atoms with Gasteiger partial charge in [-0.3, -0.25) is 9.69 Å². The predicted molar refractivity (Wildman–Crippen MR) is 116 cm³/mol. The van der Waals surface area contributed by atoms with E-state index in [1.165, 1.54) is 5.56 Å². The van der Waals surface area contributed by atoms with Gasteiger partial charge in [0.15, 0.2) is 0 Å². The minimum Gasteiger partial charge on any atom is -0.352 e. The normalized spacial score (nSPS) is 19.7. The summed E-state index contributed by atoms with van der Waals surface area (Å²) in [6.45, 7) is 11.1. The number of nitrogens with zero attached hydrogens (tertiary/aromatic N) is 2. The summed E-state index contributed by atoms with van der Waals surface area (Å²) in [5.41, 5.74) is 2.45. The fraction of sp³-hybridized carbons (Fsp3) is 0.652. The summed E-state index contributed by atoms with van der Waals surface area (Å²) < 4.78 is 0. The monoisotopic (exact) mass is 400 g/mol. The molecule has 0 aromatic heterocycles. The molecule has 3 amide bonds. The molecule has 1 aliphatic heterocycles. The van der Waals surface area contributed by atoms with E-state index in [2.05, 4.69) is 60.6 Å². The highest BCUT2D eigenvalue weighted by Crippen LogP contribution is 2.23. The van der Waals surface area contributed by atoms with E-state index in [0.29, 0.717) is 25.0 Å². The first kappa shape index (κ1) is 21.6. The maximum Gasteiger partial charge on any atom is 0.317 e. The molecule has 2 fully saturated rings. The summed E-state index contributed by atoms with van der Waals surface area (Å²) in [6, 6.07) is 8.77. The number of urea groups is 1. The lowest BCUT2D eigenvalue weighted by Crippen LogP contribution is -2.57. The number of hydrogen-bond acceptors (Lipinski definition) is 3. The molecular formula is C23H36N4O2. The molecule has 6 nitrogen and oxygen atoms in total. The Hall–Kier alpha value is -2.08. The fourth-order valence-corrected chi connectivity index (χ4v) is 3.85. The Morgan fingerprint density at radius 2 is 1.66 bits per heavy atom. The lowest BCUT2D eigenvalue weighted by Gasteiger charge is -2.38. The van der Waals surface area contributed by atoms with Crippen LogP contribution in [0.4, 0.5) is 4.79 Å². The Balaban J connectivity index is 1.52. The Morgan fingerprint density at radius 1 is 1.03 bits per heavy atom. The zero-order valence-corrected chi connectivity index (χ0v) is 18.3. The molecule has 1 saturated heterocycles. The van der Waals surface area contributed by atoms with Crippen molar-refractivity contribution in [3.8, 4) is 0 Å². The van der Waals surface area contributed by atoms with Crippen LogP contribution in [0.5, 0.6) is 0 Å². The lowest BCUT2D eigenvalue weighted by atomic mass is 9.95. The van der Waals surface area contributed by atoms with Gasteiger partial charge in [-0.15, -0.1) is 0 Å². The first-order chi connectivity index (χ1) is 13.9. The van der Waals surface area contributed by atoms with Gasteiger partial charge in [0, 0.05) is 32.2 Å². The minimum atomic E-state index is -0.138. The molecule has 2 unspecified atom stereocenters. The van der Waals surface area contributed by atoms with Crippen LogP contribution in [0.15, 0.2) is 24.3 Å². The summed E-state index contributed by atoms with van der Waals surface area (Å²) in [7, 11) is 0. The van der Waals surface area contributed by atoms with Crippen molar-refractivity contribution in [2.24, 2.45) is 5.92 Å². The van der Waals surface area contributed by atoms with Gasteiger partial charge in [-0.2, -0.15) is 0 Å². The molecule has 2 N–H and O–H groups in total. The zero-order chi connectivity index (χ0) is 21.0. The van der Waals surface area contributed by atoms with Gasteiger partial charge in [-0.05, 0) is 43.2 Å². The highest BCUT2D eigenvalue weighted by molar-refractivity contribution is 5.82. The van der Waals surface area contributed by atoms with Gasteiger partial charge < -0.3 is 15.5 Å². The van der Waals surface area contributed by atoms with Crippen molar-refractivity contribution in [2.45, 2.75) is 65.1 Å². The van der Waals surface area contributed by atoms with E-state index in [1.54, 1.807) is 0 Å². The van der Waals surface area contributed by atoms with Gasteiger partial charge in [0.2, 0.25) is 5.91 Å². The predicted octanol–water partition coefficient (Wildman–Crippen LogP) is 2.94. The molecule has 1 saturated carbocycles. The first-order valence-corrected chi connectivity index (χ1v) is 11.1. The van der Waals surface area contributed by atoms with Crippen LogP contribution in [0.3, 0.4) is 0 Å². The number of carbonyl (C=O) groups excluding carboxylic acids is 2. The second-order valence-electron chi connectivity index (χ2n) is 8.75. The lowest BCUT2D eigenvalue weighted by molar-refractivity contribution is -0.126. The molecule has 1 heterocycles. The average molecular weight is 401 g/mol. The molecule has 2 atom stereocenters. The van der Waals surface area contributed by atoms with Crippen molar-refractivity contribution >= 4 is 11.9 Å². The smallest absolute Gasteiger partial charge is 0.317 e. The van der Waals surface area contributed by atoms with Crippen LogP contribution in [0.2, 0.25) is 0 Å². The summed E-state index contributed by atoms with van der Waals surface area (Å²) in [4.78, 5) is 29.2. The molecular weight excluding hydrogens is 364 g/mol.